The van der Waals surface area contributed by atoms with Gasteiger partial charge >= 0.3 is 0 Å². The summed E-state index contributed by atoms with van der Waals surface area (Å²) in [6.07, 6.45) is 0.814. The van der Waals surface area contributed by atoms with Gasteiger partial charge in [0.15, 0.2) is 6.61 Å². The van der Waals surface area contributed by atoms with Gasteiger partial charge in [-0.15, -0.1) is 12.4 Å². The second kappa shape index (κ2) is 6.93. The molecule has 1 amide bonds. The number of amides is 1. The molecule has 1 atom stereocenters. The molecule has 1 aromatic rings. The number of carbonyl (C=O) groups excluding carboxylic acids is 1. The van der Waals surface area contributed by atoms with Crippen LogP contribution in [0.2, 0.25) is 5.02 Å². The molecule has 106 valence electrons. The largest absolute Gasteiger partial charge is 0.484 e. The number of nitrogens with zero attached hydrogens (tertiary/aromatic N) is 1. The van der Waals surface area contributed by atoms with Crippen molar-refractivity contribution in [1.29, 1.82) is 0 Å². The van der Waals surface area contributed by atoms with Crippen LogP contribution in [-0.4, -0.2) is 36.5 Å². The number of carbonyl (C=O) groups is 1. The molecule has 0 spiro atoms. The molecule has 7 heteroatoms. The molecule has 2 N–H and O–H groups in total. The van der Waals surface area contributed by atoms with Crippen LogP contribution in [0.3, 0.4) is 0 Å². The van der Waals surface area contributed by atoms with Gasteiger partial charge in [-0.05, 0) is 18.6 Å². The van der Waals surface area contributed by atoms with Crippen molar-refractivity contribution in [2.75, 3.05) is 19.7 Å². The zero-order chi connectivity index (χ0) is 13.1. The van der Waals surface area contributed by atoms with E-state index in [0.717, 1.165) is 6.42 Å². The Morgan fingerprint density at radius 1 is 1.58 bits per heavy atom. The Balaban J connectivity index is 0.00000180. The molecule has 0 aliphatic carbocycles. The lowest BCUT2D eigenvalue weighted by Crippen LogP contribution is -2.35. The first-order chi connectivity index (χ1) is 8.56. The Labute approximate surface area is 122 Å². The standard InChI is InChI=1S/C12H14ClFN2O2.ClH/c13-10-5-9(1-2-11(10)14)18-7-12(17)16-4-3-8(15)6-16;/h1-2,5,8H,3-4,6-7,15H2;1H. The predicted molar refractivity (Wildman–Crippen MR) is 73.3 cm³/mol. The second-order valence-corrected chi connectivity index (χ2v) is 4.66. The van der Waals surface area contributed by atoms with Crippen LogP contribution in [0.1, 0.15) is 6.42 Å². The predicted octanol–water partition coefficient (Wildman–Crippen LogP) is 1.84. The fraction of sp³-hybridized carbons (Fsp3) is 0.417. The fourth-order valence-electron chi connectivity index (χ4n) is 1.82. The highest BCUT2D eigenvalue weighted by molar-refractivity contribution is 6.30. The van der Waals surface area contributed by atoms with Crippen LogP contribution in [0.15, 0.2) is 18.2 Å². The zero-order valence-electron chi connectivity index (χ0n) is 10.1. The minimum Gasteiger partial charge on any atom is -0.484 e. The van der Waals surface area contributed by atoms with Gasteiger partial charge in [-0.1, -0.05) is 11.6 Å². The monoisotopic (exact) mass is 308 g/mol. The van der Waals surface area contributed by atoms with E-state index in [1.807, 2.05) is 0 Å². The van der Waals surface area contributed by atoms with Gasteiger partial charge in [-0.3, -0.25) is 4.79 Å². The average molecular weight is 309 g/mol. The van der Waals surface area contributed by atoms with E-state index in [4.69, 9.17) is 22.1 Å². The van der Waals surface area contributed by atoms with Crippen molar-refractivity contribution in [3.63, 3.8) is 0 Å². The highest BCUT2D eigenvalue weighted by Gasteiger charge is 2.23. The van der Waals surface area contributed by atoms with E-state index in [-0.39, 0.29) is 36.0 Å². The van der Waals surface area contributed by atoms with Crippen LogP contribution in [0.5, 0.6) is 5.75 Å². The maximum absolute atomic E-state index is 12.9. The number of rotatable bonds is 3. The van der Waals surface area contributed by atoms with E-state index in [1.165, 1.54) is 18.2 Å². The molecule has 2 rings (SSSR count). The number of likely N-dealkylation sites (tertiary alicyclic amines) is 1. The van der Waals surface area contributed by atoms with Gasteiger partial charge in [0.1, 0.15) is 11.6 Å². The Kier molecular flexibility index (Phi) is 5.85. The van der Waals surface area contributed by atoms with Gasteiger partial charge < -0.3 is 15.4 Å². The summed E-state index contributed by atoms with van der Waals surface area (Å²) in [5, 5.41) is -0.0249. The van der Waals surface area contributed by atoms with Crippen molar-refractivity contribution in [1.82, 2.24) is 4.90 Å². The Morgan fingerprint density at radius 3 is 2.89 bits per heavy atom. The first-order valence-corrected chi connectivity index (χ1v) is 6.05. The van der Waals surface area contributed by atoms with E-state index in [1.54, 1.807) is 4.90 Å². The number of hydrogen-bond donors (Lipinski definition) is 1. The summed E-state index contributed by atoms with van der Waals surface area (Å²) >= 11 is 5.61. The molecule has 0 aromatic heterocycles. The third kappa shape index (κ3) is 4.23. The quantitative estimate of drug-likeness (QED) is 0.927. The van der Waals surface area contributed by atoms with Gasteiger partial charge in [-0.25, -0.2) is 4.39 Å². The summed E-state index contributed by atoms with van der Waals surface area (Å²) in [6, 6.07) is 4.03. The van der Waals surface area contributed by atoms with E-state index in [0.29, 0.717) is 18.8 Å². The van der Waals surface area contributed by atoms with E-state index in [9.17, 15) is 9.18 Å². The molecular formula is C12H15Cl2FN2O2. The first kappa shape index (κ1) is 16.0. The fourth-order valence-corrected chi connectivity index (χ4v) is 1.99. The molecule has 4 nitrogen and oxygen atoms in total. The first-order valence-electron chi connectivity index (χ1n) is 5.67. The molecule has 1 aliphatic heterocycles. The minimum atomic E-state index is -0.513. The van der Waals surface area contributed by atoms with Crippen molar-refractivity contribution in [3.05, 3.63) is 29.0 Å². The molecule has 1 aromatic carbocycles. The van der Waals surface area contributed by atoms with E-state index < -0.39 is 5.82 Å². The Hall–Kier alpha value is -1.04. The Bertz CT molecular complexity index is 459. The molecule has 1 heterocycles. The summed E-state index contributed by atoms with van der Waals surface area (Å²) in [6.45, 7) is 1.13. The molecular weight excluding hydrogens is 294 g/mol. The molecule has 19 heavy (non-hydrogen) atoms. The molecule has 1 unspecified atom stereocenters. The van der Waals surface area contributed by atoms with Crippen molar-refractivity contribution in [2.24, 2.45) is 5.73 Å². The van der Waals surface area contributed by atoms with Crippen molar-refractivity contribution in [2.45, 2.75) is 12.5 Å². The van der Waals surface area contributed by atoms with Crippen molar-refractivity contribution < 1.29 is 13.9 Å². The molecule has 1 saturated heterocycles. The third-order valence-electron chi connectivity index (χ3n) is 2.83. The highest BCUT2D eigenvalue weighted by atomic mass is 35.5. The molecule has 1 fully saturated rings. The number of hydrogen-bond acceptors (Lipinski definition) is 3. The summed E-state index contributed by atoms with van der Waals surface area (Å²) < 4.78 is 18.2. The maximum Gasteiger partial charge on any atom is 0.260 e. The lowest BCUT2D eigenvalue weighted by molar-refractivity contribution is -0.132. The highest BCUT2D eigenvalue weighted by Crippen LogP contribution is 2.21. The molecule has 1 aliphatic rings. The maximum atomic E-state index is 12.9. The summed E-state index contributed by atoms with van der Waals surface area (Å²) in [7, 11) is 0. The van der Waals surface area contributed by atoms with Crippen LogP contribution in [0.4, 0.5) is 4.39 Å². The summed E-state index contributed by atoms with van der Waals surface area (Å²) in [4.78, 5) is 13.4. The molecule has 0 radical (unpaired) electrons. The van der Waals surface area contributed by atoms with Crippen LogP contribution >= 0.6 is 24.0 Å². The normalized spacial score (nSPS) is 18.1. The minimum absolute atomic E-state index is 0. The number of nitrogens with two attached hydrogens (primary N) is 1. The number of benzene rings is 1. The van der Waals surface area contributed by atoms with Crippen LogP contribution in [0.25, 0.3) is 0 Å². The van der Waals surface area contributed by atoms with Crippen LogP contribution < -0.4 is 10.5 Å². The lowest BCUT2D eigenvalue weighted by Gasteiger charge is -2.16. The van der Waals surface area contributed by atoms with E-state index >= 15 is 0 Å². The topological polar surface area (TPSA) is 55.6 Å². The second-order valence-electron chi connectivity index (χ2n) is 4.25. The van der Waals surface area contributed by atoms with Crippen LogP contribution in [0, 0.1) is 5.82 Å². The molecule has 0 saturated carbocycles. The third-order valence-corrected chi connectivity index (χ3v) is 3.12. The van der Waals surface area contributed by atoms with Gasteiger partial charge in [-0.2, -0.15) is 0 Å². The number of halogens is 3. The summed E-state index contributed by atoms with van der Waals surface area (Å²) in [5.74, 6) is -0.262. The van der Waals surface area contributed by atoms with Gasteiger partial charge in [0.25, 0.3) is 5.91 Å². The van der Waals surface area contributed by atoms with E-state index in [2.05, 4.69) is 0 Å². The summed E-state index contributed by atoms with van der Waals surface area (Å²) in [5.41, 5.74) is 5.71. The number of ether oxygens (including phenoxy) is 1. The Morgan fingerprint density at radius 2 is 2.32 bits per heavy atom. The zero-order valence-corrected chi connectivity index (χ0v) is 11.7. The van der Waals surface area contributed by atoms with Gasteiger partial charge in [0.05, 0.1) is 5.02 Å². The van der Waals surface area contributed by atoms with Gasteiger partial charge in [0.2, 0.25) is 0 Å². The smallest absolute Gasteiger partial charge is 0.260 e. The van der Waals surface area contributed by atoms with Crippen molar-refractivity contribution >= 4 is 29.9 Å². The average Bonchev–Trinajstić information content (AvgIpc) is 2.77. The SMILES string of the molecule is Cl.NC1CCN(C(=O)COc2ccc(F)c(Cl)c2)C1. The van der Waals surface area contributed by atoms with Gasteiger partial charge in [0, 0.05) is 25.2 Å². The lowest BCUT2D eigenvalue weighted by atomic mass is 10.3. The van der Waals surface area contributed by atoms with Crippen LogP contribution in [-0.2, 0) is 4.79 Å². The molecule has 0 bridgehead atoms. The van der Waals surface area contributed by atoms with Crippen molar-refractivity contribution in [3.8, 4) is 5.75 Å².